The van der Waals surface area contributed by atoms with Gasteiger partial charge in [0, 0.05) is 51.9 Å². The number of nitrogens with one attached hydrogen (secondary N) is 4. The predicted molar refractivity (Wildman–Crippen MR) is 266 cm³/mol. The van der Waals surface area contributed by atoms with Gasteiger partial charge in [0.2, 0.25) is 23.7 Å². The molecular formula is C44H47F3N12O17S3. The number of nitro groups is 1. The van der Waals surface area contributed by atoms with Crippen LogP contribution in [0.3, 0.4) is 0 Å². The van der Waals surface area contributed by atoms with Crippen LogP contribution < -0.4 is 34.3 Å². The summed E-state index contributed by atoms with van der Waals surface area (Å²) >= 11 is 0. The summed E-state index contributed by atoms with van der Waals surface area (Å²) in [5, 5.41) is 14.8. The zero-order valence-electron chi connectivity index (χ0n) is 42.3. The Morgan fingerprint density at radius 3 is 1.86 bits per heavy atom. The summed E-state index contributed by atoms with van der Waals surface area (Å²) < 4.78 is 128. The van der Waals surface area contributed by atoms with Crippen LogP contribution in [0.5, 0.6) is 17.8 Å². The Labute approximate surface area is 447 Å². The minimum Gasteiger partial charge on any atom is -0.481 e. The van der Waals surface area contributed by atoms with Gasteiger partial charge in [0.25, 0.3) is 31.6 Å². The molecule has 0 atom stereocenters. The fourth-order valence-corrected chi connectivity index (χ4v) is 9.44. The zero-order valence-corrected chi connectivity index (χ0v) is 44.8. The van der Waals surface area contributed by atoms with Gasteiger partial charge in [0.1, 0.15) is 11.7 Å². The molecule has 3 heterocycles. The highest BCUT2D eigenvalue weighted by molar-refractivity contribution is 7.91. The molecular weight excluding hydrogens is 1120 g/mol. The topological polar surface area (TPSA) is 404 Å². The number of ether oxygens (including phenoxy) is 3. The van der Waals surface area contributed by atoms with Gasteiger partial charge in [-0.15, -0.1) is 0 Å². The second-order valence-electron chi connectivity index (χ2n) is 16.2. The van der Waals surface area contributed by atoms with Gasteiger partial charge in [-0.3, -0.25) is 39.9 Å². The number of halogens is 3. The Bertz CT molecular complexity index is 3480. The molecule has 0 radical (unpaired) electrons. The smallest absolute Gasteiger partial charge is 0.389 e. The average Bonchev–Trinajstić information content (AvgIpc) is 3.39. The fraction of sp³-hybridized carbons (Fsp3) is 0.318. The highest BCUT2D eigenvalue weighted by atomic mass is 32.2. The number of aryl methyl sites for hydroxylation is 2. The number of aromatic nitrogens is 6. The van der Waals surface area contributed by atoms with Crippen molar-refractivity contribution in [3.63, 3.8) is 0 Å². The van der Waals surface area contributed by atoms with Crippen LogP contribution in [0.1, 0.15) is 57.8 Å². The molecule has 424 valence electrons. The number of methoxy groups -OCH3 is 3. The van der Waals surface area contributed by atoms with Crippen LogP contribution in [0.2, 0.25) is 0 Å². The van der Waals surface area contributed by atoms with E-state index in [1.54, 1.807) is 9.44 Å². The van der Waals surface area contributed by atoms with Gasteiger partial charge in [-0.1, -0.05) is 18.2 Å². The van der Waals surface area contributed by atoms with Crippen molar-refractivity contribution in [2.45, 2.75) is 60.0 Å². The number of anilines is 2. The molecule has 0 saturated heterocycles. The van der Waals surface area contributed by atoms with E-state index in [9.17, 15) is 77.3 Å². The maximum Gasteiger partial charge on any atom is 0.389 e. The number of pyridine rings is 1. The minimum absolute atomic E-state index is 0.0668. The van der Waals surface area contributed by atoms with Crippen LogP contribution >= 0.6 is 0 Å². The second kappa shape index (κ2) is 26.5. The van der Waals surface area contributed by atoms with Crippen molar-refractivity contribution in [1.82, 2.24) is 44.2 Å². The lowest BCUT2D eigenvalue weighted by Crippen LogP contribution is -2.36. The summed E-state index contributed by atoms with van der Waals surface area (Å²) in [6.07, 6.45) is -3.64. The Hall–Kier alpha value is -8.86. The summed E-state index contributed by atoms with van der Waals surface area (Å²) in [4.78, 5) is 106. The van der Waals surface area contributed by atoms with E-state index in [1.807, 2.05) is 0 Å². The first-order chi connectivity index (χ1) is 36.8. The quantitative estimate of drug-likeness (QED) is 0.0476. The molecule has 0 spiro atoms. The van der Waals surface area contributed by atoms with Crippen molar-refractivity contribution in [1.29, 1.82) is 0 Å². The first-order valence-corrected chi connectivity index (χ1v) is 27.0. The number of rotatable bonds is 16. The number of hydrogen-bond donors (Lipinski definition) is 4. The number of carbonyl (C=O) groups excluding carboxylic acids is 6. The number of nitro benzene ring substituents is 1. The summed E-state index contributed by atoms with van der Waals surface area (Å²) in [5.41, 5.74) is -1.43. The number of amides is 5. The van der Waals surface area contributed by atoms with E-state index in [0.29, 0.717) is 6.42 Å². The van der Waals surface area contributed by atoms with E-state index in [4.69, 9.17) is 14.2 Å². The maximum absolute atomic E-state index is 12.5. The number of nitrogens with zero attached hydrogens (tertiary/aromatic N) is 8. The van der Waals surface area contributed by atoms with Gasteiger partial charge in [-0.05, 0) is 55.7 Å². The van der Waals surface area contributed by atoms with Crippen LogP contribution in [0.4, 0.5) is 40.3 Å². The van der Waals surface area contributed by atoms with Gasteiger partial charge in [0.15, 0.2) is 32.2 Å². The van der Waals surface area contributed by atoms with Gasteiger partial charge >= 0.3 is 24.2 Å². The molecule has 6 rings (SSSR count). The minimum atomic E-state index is -4.46. The third-order valence-corrected chi connectivity index (χ3v) is 14.0. The normalized spacial score (nSPS) is 12.7. The van der Waals surface area contributed by atoms with Crippen LogP contribution in [-0.4, -0.2) is 148 Å². The summed E-state index contributed by atoms with van der Waals surface area (Å²) in [6.45, 7) is 1.50. The SMILES string of the molecule is COc1cc(OC)nc(NC(=O)NS(=O)(=O)c2ncccc2C(=O)N(C)C)n1.COc1nc(C)nc(NC(=O)NS(=O)(=O)c2ccccc2CCC(F)(F)F)n1.CS(=O)(=O)c1ccc(C(=O)C2C(=O)CCCC2=O)c([N+](=O)[O-])c1. The number of alkyl halides is 3. The molecule has 1 aliphatic rings. The molecule has 4 N–H and O–H groups in total. The van der Waals surface area contributed by atoms with Crippen LogP contribution in [0.15, 0.2) is 81.7 Å². The molecule has 5 aromatic rings. The Morgan fingerprint density at radius 1 is 0.759 bits per heavy atom. The largest absolute Gasteiger partial charge is 0.481 e. The number of urea groups is 2. The lowest BCUT2D eigenvalue weighted by atomic mass is 9.81. The van der Waals surface area contributed by atoms with Crippen LogP contribution in [0.25, 0.3) is 0 Å². The van der Waals surface area contributed by atoms with E-state index >= 15 is 0 Å². The van der Waals surface area contributed by atoms with E-state index in [2.05, 4.69) is 40.5 Å². The lowest BCUT2D eigenvalue weighted by Gasteiger charge is -2.18. The zero-order chi connectivity index (χ0) is 59.2. The number of ketones is 3. The molecule has 5 amide bonds. The molecule has 79 heavy (non-hydrogen) atoms. The Balaban J connectivity index is 0.000000257. The van der Waals surface area contributed by atoms with Crippen molar-refractivity contribution < 1.29 is 86.3 Å². The van der Waals surface area contributed by atoms with Gasteiger partial charge < -0.3 is 19.1 Å². The number of hydrogen-bond acceptors (Lipinski definition) is 23. The van der Waals surface area contributed by atoms with E-state index in [0.717, 1.165) is 30.5 Å². The molecule has 2 aromatic carbocycles. The van der Waals surface area contributed by atoms with E-state index in [1.165, 1.54) is 89.8 Å². The number of benzene rings is 2. The molecule has 0 aliphatic heterocycles. The number of carbonyl (C=O) groups is 6. The molecule has 0 unspecified atom stereocenters. The van der Waals surface area contributed by atoms with Gasteiger partial charge in [0.05, 0.1) is 53.2 Å². The van der Waals surface area contributed by atoms with Crippen molar-refractivity contribution in [3.8, 4) is 17.8 Å². The van der Waals surface area contributed by atoms with Crippen molar-refractivity contribution in [3.05, 3.63) is 99.5 Å². The summed E-state index contributed by atoms with van der Waals surface area (Å²) in [7, 11) is -5.69. The summed E-state index contributed by atoms with van der Waals surface area (Å²) in [5.74, 6) is -4.32. The summed E-state index contributed by atoms with van der Waals surface area (Å²) in [6, 6.07) is 9.51. The van der Waals surface area contributed by atoms with Crippen molar-refractivity contribution in [2.24, 2.45) is 5.92 Å². The fourth-order valence-electron chi connectivity index (χ4n) is 6.59. The van der Waals surface area contributed by atoms with E-state index in [-0.39, 0.29) is 64.4 Å². The molecule has 1 saturated carbocycles. The van der Waals surface area contributed by atoms with Gasteiger partial charge in [-0.2, -0.15) is 46.5 Å². The van der Waals surface area contributed by atoms with Crippen molar-refractivity contribution >= 4 is 82.8 Å². The number of sulfone groups is 1. The number of Topliss-reactive ketones (excluding diaryl/α,β-unsaturated/α-hetero) is 3. The van der Waals surface area contributed by atoms with Crippen LogP contribution in [-0.2, 0) is 45.9 Å². The Morgan fingerprint density at radius 2 is 1.33 bits per heavy atom. The Kier molecular flexibility index (Phi) is 21.0. The lowest BCUT2D eigenvalue weighted by molar-refractivity contribution is -0.385. The molecule has 0 bridgehead atoms. The molecule has 29 nitrogen and oxygen atoms in total. The van der Waals surface area contributed by atoms with E-state index < -0.39 is 116 Å². The van der Waals surface area contributed by atoms with Gasteiger partial charge in [-0.25, -0.2) is 40.9 Å². The highest BCUT2D eigenvalue weighted by Crippen LogP contribution is 2.30. The van der Waals surface area contributed by atoms with Crippen LogP contribution in [0, 0.1) is 23.0 Å². The molecule has 3 aromatic heterocycles. The highest BCUT2D eigenvalue weighted by Gasteiger charge is 2.39. The predicted octanol–water partition coefficient (Wildman–Crippen LogP) is 3.41. The maximum atomic E-state index is 12.5. The standard InChI is InChI=1S/C15H16F3N5O4S.C15H18N6O6S.C14H13NO7S/c1-9-19-12(22-14(20-9)27-2)21-13(24)23-28(25,26)11-6-4-3-5-10(11)7-8-15(16,17)18;1-21(2)13(22)9-6-5-7-16-12(9)28(24,25)20-15(23)19-14-17-10(26-3)8-11(18-14)27-4;1-23(21,22)8-5-6-9(10(7-8)15(19)20)14(18)13-11(16)3-2-4-12(13)17/h3-6H,7-8H2,1-2H3,(H2,19,20,21,22,23,24);5-8H,1-4H3,(H2,17,18,19,20,23);5-7,13H,2-4H2,1H3. The first-order valence-electron chi connectivity index (χ1n) is 22.1. The molecule has 35 heteroatoms. The third-order valence-electron chi connectivity index (χ3n) is 10.1. The monoisotopic (exact) mass is 1170 g/mol. The molecule has 1 aliphatic carbocycles. The number of sulfonamides is 2. The van der Waals surface area contributed by atoms with Crippen molar-refractivity contribution in [2.75, 3.05) is 52.3 Å². The average molecular weight is 1170 g/mol. The third kappa shape index (κ3) is 17.8. The first kappa shape index (κ1) is 62.7. The second-order valence-corrected chi connectivity index (χ2v) is 21.4. The molecule has 1 fully saturated rings.